The Kier molecular flexibility index (Phi) is 1.79. The summed E-state index contributed by atoms with van der Waals surface area (Å²) in [5.74, 6) is 0. The smallest absolute Gasteiger partial charge is 0.179 e. The normalized spacial score (nSPS) is 25.1. The summed E-state index contributed by atoms with van der Waals surface area (Å²) in [6.45, 7) is -0.363. The Balaban J connectivity index is 2.39. The Bertz CT molecular complexity index is 351. The maximum Gasteiger partial charge on any atom is 0.179 e. The van der Waals surface area contributed by atoms with Gasteiger partial charge in [-0.3, -0.25) is 4.98 Å². The molecule has 1 aromatic rings. The Hall–Kier alpha value is -1.39. The van der Waals surface area contributed by atoms with E-state index in [0.717, 1.165) is 11.4 Å². The van der Waals surface area contributed by atoms with Gasteiger partial charge >= 0.3 is 0 Å². The summed E-state index contributed by atoms with van der Waals surface area (Å²) in [6.07, 6.45) is 4.85. The number of hydrogen-bond acceptors (Lipinski definition) is 4. The van der Waals surface area contributed by atoms with Gasteiger partial charge in [-0.15, -0.1) is 0 Å². The summed E-state index contributed by atoms with van der Waals surface area (Å²) in [7, 11) is 0. The number of nitrogens with zero attached hydrogens (tertiary/aromatic N) is 1. The molecule has 0 aliphatic carbocycles. The number of nitrogens with one attached hydrogen (secondary N) is 1. The molecule has 0 spiro atoms. The first kappa shape index (κ1) is 8.22. The van der Waals surface area contributed by atoms with E-state index < -0.39 is 5.72 Å². The second-order valence-electron chi connectivity index (χ2n) is 2.98. The summed E-state index contributed by atoms with van der Waals surface area (Å²) in [6, 6.07) is 3.56. The molecule has 1 aliphatic rings. The maximum atomic E-state index is 9.65. The monoisotopic (exact) mass is 178 g/mol. The number of rotatable bonds is 1. The van der Waals surface area contributed by atoms with Crippen molar-refractivity contribution in [1.82, 2.24) is 4.98 Å². The van der Waals surface area contributed by atoms with E-state index in [9.17, 15) is 5.11 Å². The average Bonchev–Trinajstić information content (AvgIpc) is 2.18. The van der Waals surface area contributed by atoms with Gasteiger partial charge in [-0.1, -0.05) is 0 Å². The topological polar surface area (TPSA) is 65.4 Å². The van der Waals surface area contributed by atoms with Gasteiger partial charge in [0.05, 0.1) is 18.0 Å². The predicted molar refractivity (Wildman–Crippen MR) is 48.9 cm³/mol. The molecule has 2 heterocycles. The van der Waals surface area contributed by atoms with Crippen molar-refractivity contribution >= 4 is 11.8 Å². The van der Waals surface area contributed by atoms with Crippen LogP contribution in [0.4, 0.5) is 5.69 Å². The van der Waals surface area contributed by atoms with Gasteiger partial charge in [-0.2, -0.15) is 0 Å². The molecule has 4 nitrogen and oxygen atoms in total. The molecule has 68 valence electrons. The van der Waals surface area contributed by atoms with Crippen molar-refractivity contribution in [1.29, 1.82) is 0 Å². The number of aliphatic hydroxyl groups excluding tert-OH is 1. The second kappa shape index (κ2) is 2.83. The molecule has 0 amide bonds. The maximum absolute atomic E-state index is 9.65. The fourth-order valence-electron chi connectivity index (χ4n) is 1.24. The van der Waals surface area contributed by atoms with Crippen LogP contribution in [0, 0.1) is 0 Å². The van der Waals surface area contributed by atoms with Crippen molar-refractivity contribution in [2.75, 3.05) is 11.9 Å². The molecule has 0 fully saturated rings. The van der Waals surface area contributed by atoms with Crippen molar-refractivity contribution in [2.45, 2.75) is 5.72 Å². The molecule has 1 atom stereocenters. The zero-order valence-corrected chi connectivity index (χ0v) is 6.94. The van der Waals surface area contributed by atoms with Crippen LogP contribution in [0.25, 0.3) is 6.08 Å². The summed E-state index contributed by atoms with van der Waals surface area (Å²) < 4.78 is 0. The highest BCUT2D eigenvalue weighted by Gasteiger charge is 2.26. The van der Waals surface area contributed by atoms with Crippen molar-refractivity contribution in [3.63, 3.8) is 0 Å². The van der Waals surface area contributed by atoms with Crippen LogP contribution < -0.4 is 5.32 Å². The van der Waals surface area contributed by atoms with E-state index in [1.54, 1.807) is 24.4 Å². The minimum atomic E-state index is -1.35. The van der Waals surface area contributed by atoms with Crippen molar-refractivity contribution in [3.8, 4) is 0 Å². The summed E-state index contributed by atoms with van der Waals surface area (Å²) in [5, 5.41) is 21.3. The van der Waals surface area contributed by atoms with E-state index >= 15 is 0 Å². The zero-order valence-electron chi connectivity index (χ0n) is 6.94. The van der Waals surface area contributed by atoms with E-state index in [1.165, 1.54) is 6.08 Å². The number of pyridine rings is 1. The first-order valence-electron chi connectivity index (χ1n) is 3.99. The first-order valence-corrected chi connectivity index (χ1v) is 3.99. The van der Waals surface area contributed by atoms with E-state index in [-0.39, 0.29) is 6.61 Å². The Morgan fingerprint density at radius 3 is 3.15 bits per heavy atom. The predicted octanol–water partition coefficient (Wildman–Crippen LogP) is 0.201. The Morgan fingerprint density at radius 1 is 1.54 bits per heavy atom. The van der Waals surface area contributed by atoms with Gasteiger partial charge in [-0.05, 0) is 24.3 Å². The zero-order chi connectivity index (χ0) is 9.31. The average molecular weight is 178 g/mol. The van der Waals surface area contributed by atoms with Gasteiger partial charge in [0.1, 0.15) is 0 Å². The van der Waals surface area contributed by atoms with Crippen LogP contribution in [0.2, 0.25) is 0 Å². The van der Waals surface area contributed by atoms with Crippen molar-refractivity contribution < 1.29 is 10.2 Å². The third-order valence-corrected chi connectivity index (χ3v) is 1.95. The molecule has 1 aromatic heterocycles. The van der Waals surface area contributed by atoms with Crippen LogP contribution in [0.1, 0.15) is 5.69 Å². The van der Waals surface area contributed by atoms with Crippen LogP contribution in [0.5, 0.6) is 0 Å². The molecule has 1 aliphatic heterocycles. The molecular weight excluding hydrogens is 168 g/mol. The van der Waals surface area contributed by atoms with Gasteiger partial charge in [0.2, 0.25) is 0 Å². The van der Waals surface area contributed by atoms with Crippen LogP contribution >= 0.6 is 0 Å². The van der Waals surface area contributed by atoms with Gasteiger partial charge in [0.25, 0.3) is 0 Å². The quantitative estimate of drug-likeness (QED) is 0.574. The lowest BCUT2D eigenvalue weighted by Crippen LogP contribution is -2.41. The van der Waals surface area contributed by atoms with Crippen LogP contribution in [0.15, 0.2) is 24.4 Å². The third kappa shape index (κ3) is 1.41. The lowest BCUT2D eigenvalue weighted by atomic mass is 10.1. The van der Waals surface area contributed by atoms with Crippen molar-refractivity contribution in [3.05, 3.63) is 30.1 Å². The van der Waals surface area contributed by atoms with Gasteiger partial charge in [0.15, 0.2) is 5.72 Å². The Morgan fingerprint density at radius 2 is 2.38 bits per heavy atom. The molecule has 0 bridgehead atoms. The fourth-order valence-corrected chi connectivity index (χ4v) is 1.24. The van der Waals surface area contributed by atoms with E-state index in [2.05, 4.69) is 10.3 Å². The fraction of sp³-hybridized carbons (Fsp3) is 0.222. The summed E-state index contributed by atoms with van der Waals surface area (Å²) in [5.41, 5.74) is 0.137. The number of anilines is 1. The molecule has 3 N–H and O–H groups in total. The lowest BCUT2D eigenvalue weighted by Gasteiger charge is -2.28. The van der Waals surface area contributed by atoms with E-state index in [0.29, 0.717) is 0 Å². The minimum Gasteiger partial charge on any atom is -0.391 e. The third-order valence-electron chi connectivity index (χ3n) is 1.95. The van der Waals surface area contributed by atoms with Gasteiger partial charge < -0.3 is 15.5 Å². The summed E-state index contributed by atoms with van der Waals surface area (Å²) >= 11 is 0. The molecule has 0 saturated carbocycles. The molecule has 4 heteroatoms. The summed E-state index contributed by atoms with van der Waals surface area (Å²) in [4.78, 5) is 4.08. The molecule has 1 unspecified atom stereocenters. The van der Waals surface area contributed by atoms with E-state index in [4.69, 9.17) is 5.11 Å². The highest BCUT2D eigenvalue weighted by atomic mass is 16.3. The number of aromatic nitrogens is 1. The SMILES string of the molecule is OCC1(O)C=Cc2ncccc2N1. The largest absolute Gasteiger partial charge is 0.391 e. The second-order valence-corrected chi connectivity index (χ2v) is 2.98. The van der Waals surface area contributed by atoms with Crippen molar-refractivity contribution in [2.24, 2.45) is 0 Å². The molecule has 0 aromatic carbocycles. The highest BCUT2D eigenvalue weighted by Crippen LogP contribution is 2.24. The Labute approximate surface area is 75.6 Å². The lowest BCUT2D eigenvalue weighted by molar-refractivity contribution is 0.0512. The highest BCUT2D eigenvalue weighted by molar-refractivity contribution is 5.68. The first-order chi connectivity index (χ1) is 6.23. The van der Waals surface area contributed by atoms with E-state index in [1.807, 2.05) is 0 Å². The standard InChI is InChI=1S/C9H10N2O2/c12-6-9(13)4-3-7-8(11-9)2-1-5-10-7/h1-5,11-13H,6H2. The molecule has 0 saturated heterocycles. The van der Waals surface area contributed by atoms with Crippen LogP contribution in [-0.2, 0) is 0 Å². The molecule has 0 radical (unpaired) electrons. The molecule has 2 rings (SSSR count). The van der Waals surface area contributed by atoms with Gasteiger partial charge in [0, 0.05) is 6.20 Å². The number of hydrogen-bond donors (Lipinski definition) is 3. The minimum absolute atomic E-state index is 0.363. The van der Waals surface area contributed by atoms with Gasteiger partial charge in [-0.25, -0.2) is 0 Å². The van der Waals surface area contributed by atoms with Crippen LogP contribution in [-0.4, -0.2) is 27.5 Å². The van der Waals surface area contributed by atoms with Crippen LogP contribution in [0.3, 0.4) is 0 Å². The number of aliphatic hydroxyl groups is 2. The molecule has 13 heavy (non-hydrogen) atoms. The number of fused-ring (bicyclic) bond motifs is 1. The molecular formula is C9H10N2O2.